The molecular weight excluding hydrogens is 346 g/mol. The first-order valence-electron chi connectivity index (χ1n) is 9.40. The highest BCUT2D eigenvalue weighted by atomic mass is 16.5. The minimum Gasteiger partial charge on any atom is -0.464 e. The van der Waals surface area contributed by atoms with Gasteiger partial charge in [0.1, 0.15) is 5.54 Å². The van der Waals surface area contributed by atoms with Gasteiger partial charge < -0.3 is 10.1 Å². The van der Waals surface area contributed by atoms with E-state index in [9.17, 15) is 14.4 Å². The van der Waals surface area contributed by atoms with Gasteiger partial charge in [-0.25, -0.2) is 9.89 Å². The lowest BCUT2D eigenvalue weighted by atomic mass is 9.93. The molecule has 146 valence electrons. The Labute approximate surface area is 158 Å². The van der Waals surface area contributed by atoms with Crippen LogP contribution >= 0.6 is 0 Å². The Bertz CT molecular complexity index is 862. The average Bonchev–Trinajstić information content (AvgIpc) is 2.66. The third-order valence-electron chi connectivity index (χ3n) is 4.56. The number of carbonyl (C=O) groups is 2. The SMILES string of the molecule is CCCCCCC(C)(NC(=O)c1n[nH]c(=O)c2ccccc12)C(=O)OCC. The topological polar surface area (TPSA) is 101 Å². The van der Waals surface area contributed by atoms with Gasteiger partial charge >= 0.3 is 5.97 Å². The molecule has 0 aliphatic heterocycles. The highest BCUT2D eigenvalue weighted by Crippen LogP contribution is 2.20. The molecule has 0 saturated carbocycles. The van der Waals surface area contributed by atoms with Crippen LogP contribution < -0.4 is 10.9 Å². The van der Waals surface area contributed by atoms with Gasteiger partial charge in [0, 0.05) is 5.39 Å². The number of esters is 1. The summed E-state index contributed by atoms with van der Waals surface area (Å²) < 4.78 is 5.18. The van der Waals surface area contributed by atoms with Crippen molar-refractivity contribution in [3.63, 3.8) is 0 Å². The zero-order valence-corrected chi connectivity index (χ0v) is 16.1. The molecule has 7 nitrogen and oxygen atoms in total. The molecule has 1 aromatic carbocycles. The molecule has 0 aliphatic carbocycles. The Balaban J connectivity index is 2.29. The van der Waals surface area contributed by atoms with Crippen molar-refractivity contribution in [1.82, 2.24) is 15.5 Å². The van der Waals surface area contributed by atoms with Crippen LogP contribution in [0.5, 0.6) is 0 Å². The van der Waals surface area contributed by atoms with Crippen molar-refractivity contribution >= 4 is 22.6 Å². The summed E-state index contributed by atoms with van der Waals surface area (Å²) >= 11 is 0. The number of H-pyrrole nitrogens is 1. The molecule has 1 heterocycles. The predicted molar refractivity (Wildman–Crippen MR) is 104 cm³/mol. The molecule has 0 radical (unpaired) electrons. The fraction of sp³-hybridized carbons (Fsp3) is 0.500. The van der Waals surface area contributed by atoms with Crippen LogP contribution in [0.15, 0.2) is 29.1 Å². The van der Waals surface area contributed by atoms with Crippen LogP contribution in [0.2, 0.25) is 0 Å². The maximum Gasteiger partial charge on any atom is 0.331 e. The van der Waals surface area contributed by atoms with Crippen molar-refractivity contribution in [1.29, 1.82) is 0 Å². The van der Waals surface area contributed by atoms with Gasteiger partial charge in [-0.15, -0.1) is 0 Å². The van der Waals surface area contributed by atoms with Crippen molar-refractivity contribution in [2.75, 3.05) is 6.61 Å². The quantitative estimate of drug-likeness (QED) is 0.520. The Morgan fingerprint density at radius 1 is 1.15 bits per heavy atom. The van der Waals surface area contributed by atoms with E-state index in [2.05, 4.69) is 22.4 Å². The Morgan fingerprint density at radius 3 is 2.52 bits per heavy atom. The number of aromatic nitrogens is 2. The normalized spacial score (nSPS) is 13.1. The van der Waals surface area contributed by atoms with Crippen molar-refractivity contribution in [2.45, 2.75) is 58.4 Å². The van der Waals surface area contributed by atoms with Crippen molar-refractivity contribution < 1.29 is 14.3 Å². The molecule has 1 unspecified atom stereocenters. The zero-order valence-electron chi connectivity index (χ0n) is 16.1. The Kier molecular flexibility index (Phi) is 7.10. The third kappa shape index (κ3) is 4.93. The average molecular weight is 373 g/mol. The molecule has 2 rings (SSSR count). The molecule has 0 fully saturated rings. The molecule has 0 saturated heterocycles. The first-order valence-corrected chi connectivity index (χ1v) is 9.40. The third-order valence-corrected chi connectivity index (χ3v) is 4.56. The van der Waals surface area contributed by atoms with Gasteiger partial charge in [-0.05, 0) is 26.3 Å². The molecular formula is C20H27N3O4. The van der Waals surface area contributed by atoms with E-state index in [-0.39, 0.29) is 17.9 Å². The number of fused-ring (bicyclic) bond motifs is 1. The number of amides is 1. The summed E-state index contributed by atoms with van der Waals surface area (Å²) in [5, 5.41) is 9.84. The second kappa shape index (κ2) is 9.30. The number of rotatable bonds is 9. The first kappa shape index (κ1) is 20.6. The lowest BCUT2D eigenvalue weighted by Crippen LogP contribution is -2.53. The van der Waals surface area contributed by atoms with Gasteiger partial charge in [0.2, 0.25) is 0 Å². The van der Waals surface area contributed by atoms with Crippen molar-refractivity contribution in [3.05, 3.63) is 40.3 Å². The predicted octanol–water partition coefficient (Wildman–Crippen LogP) is 2.95. The van der Waals surface area contributed by atoms with Gasteiger partial charge in [0.05, 0.1) is 12.0 Å². The second-order valence-electron chi connectivity index (χ2n) is 6.76. The molecule has 2 aromatic rings. The fourth-order valence-electron chi connectivity index (χ4n) is 3.01. The number of aromatic amines is 1. The number of hydrogen-bond acceptors (Lipinski definition) is 5. The molecule has 1 aromatic heterocycles. The van der Waals surface area contributed by atoms with E-state index >= 15 is 0 Å². The summed E-state index contributed by atoms with van der Waals surface area (Å²) in [5.41, 5.74) is -1.44. The lowest BCUT2D eigenvalue weighted by Gasteiger charge is -2.28. The monoisotopic (exact) mass is 373 g/mol. The highest BCUT2D eigenvalue weighted by Gasteiger charge is 2.36. The minimum absolute atomic E-state index is 0.0780. The summed E-state index contributed by atoms with van der Waals surface area (Å²) in [5.74, 6) is -0.989. The lowest BCUT2D eigenvalue weighted by molar-refractivity contribution is -0.150. The van der Waals surface area contributed by atoms with E-state index in [1.54, 1.807) is 38.1 Å². The van der Waals surface area contributed by atoms with Crippen LogP contribution in [0.1, 0.15) is 63.4 Å². The van der Waals surface area contributed by atoms with Crippen LogP contribution in [0.25, 0.3) is 10.8 Å². The smallest absolute Gasteiger partial charge is 0.331 e. The van der Waals surface area contributed by atoms with Crippen LogP contribution in [0.4, 0.5) is 0 Å². The molecule has 27 heavy (non-hydrogen) atoms. The number of unbranched alkanes of at least 4 members (excludes halogenated alkanes) is 3. The number of ether oxygens (including phenoxy) is 1. The summed E-state index contributed by atoms with van der Waals surface area (Å²) in [6.07, 6.45) is 4.39. The molecule has 1 atom stereocenters. The Morgan fingerprint density at radius 2 is 1.85 bits per heavy atom. The van der Waals surface area contributed by atoms with Gasteiger partial charge in [-0.2, -0.15) is 5.10 Å². The van der Waals surface area contributed by atoms with E-state index in [4.69, 9.17) is 4.74 Å². The van der Waals surface area contributed by atoms with Gasteiger partial charge in [-0.1, -0.05) is 50.8 Å². The van der Waals surface area contributed by atoms with E-state index in [1.165, 1.54) is 0 Å². The Hall–Kier alpha value is -2.70. The minimum atomic E-state index is -1.15. The van der Waals surface area contributed by atoms with Crippen LogP contribution in [0.3, 0.4) is 0 Å². The summed E-state index contributed by atoms with van der Waals surface area (Å²) in [6.45, 7) is 5.75. The fourth-order valence-corrected chi connectivity index (χ4v) is 3.01. The molecule has 0 bridgehead atoms. The number of benzene rings is 1. The molecule has 2 N–H and O–H groups in total. The van der Waals surface area contributed by atoms with E-state index in [0.717, 1.165) is 25.7 Å². The van der Waals surface area contributed by atoms with E-state index in [0.29, 0.717) is 17.2 Å². The number of nitrogens with one attached hydrogen (secondary N) is 2. The molecule has 0 aliphatic rings. The maximum absolute atomic E-state index is 12.9. The first-order chi connectivity index (χ1) is 12.9. The number of hydrogen-bond donors (Lipinski definition) is 2. The second-order valence-corrected chi connectivity index (χ2v) is 6.76. The molecule has 7 heteroatoms. The van der Waals surface area contributed by atoms with Crippen molar-refractivity contribution in [3.8, 4) is 0 Å². The maximum atomic E-state index is 12.9. The summed E-state index contributed by atoms with van der Waals surface area (Å²) in [4.78, 5) is 37.3. The summed E-state index contributed by atoms with van der Waals surface area (Å²) in [6, 6.07) is 6.74. The zero-order chi connectivity index (χ0) is 19.9. The van der Waals surface area contributed by atoms with Gasteiger partial charge in [-0.3, -0.25) is 9.59 Å². The van der Waals surface area contributed by atoms with Crippen molar-refractivity contribution in [2.24, 2.45) is 0 Å². The van der Waals surface area contributed by atoms with Crippen LogP contribution in [-0.2, 0) is 9.53 Å². The summed E-state index contributed by atoms with van der Waals surface area (Å²) in [7, 11) is 0. The van der Waals surface area contributed by atoms with Crippen LogP contribution in [-0.4, -0.2) is 34.2 Å². The van der Waals surface area contributed by atoms with Gasteiger partial charge in [0.25, 0.3) is 11.5 Å². The number of nitrogens with zero attached hydrogens (tertiary/aromatic N) is 1. The highest BCUT2D eigenvalue weighted by molar-refractivity contribution is 6.06. The van der Waals surface area contributed by atoms with Crippen LogP contribution in [0, 0.1) is 0 Å². The van der Waals surface area contributed by atoms with E-state index < -0.39 is 17.4 Å². The van der Waals surface area contributed by atoms with E-state index in [1.807, 2.05) is 0 Å². The standard InChI is InChI=1S/C20H27N3O4/c1-4-6-7-10-13-20(3,19(26)27-5-2)21-18(25)16-14-11-8-9-12-15(14)17(24)23-22-16/h8-9,11-12H,4-7,10,13H2,1-3H3,(H,21,25)(H,23,24). The number of carbonyl (C=O) groups excluding carboxylic acids is 2. The molecule has 1 amide bonds. The van der Waals surface area contributed by atoms with Gasteiger partial charge in [0.15, 0.2) is 5.69 Å². The largest absolute Gasteiger partial charge is 0.464 e. The molecule has 0 spiro atoms.